The van der Waals surface area contributed by atoms with Gasteiger partial charge in [0.15, 0.2) is 0 Å². The lowest BCUT2D eigenvalue weighted by molar-refractivity contribution is 0.415. The predicted molar refractivity (Wildman–Crippen MR) is 115 cm³/mol. The second kappa shape index (κ2) is 8.19. The standard InChI is InChI=1S/C22H20N4OS/c1-3-24-22-26(25-14-16-8-10-23-11-9-16)21(15-28-22)19-5-4-18-13-20(27-2)7-6-17(18)12-19/h4-15H,3H2,1-2H3. The Morgan fingerprint density at radius 2 is 1.86 bits per heavy atom. The van der Waals surface area contributed by atoms with Crippen LogP contribution in [0.25, 0.3) is 22.0 Å². The van der Waals surface area contributed by atoms with Crippen molar-refractivity contribution in [2.45, 2.75) is 6.92 Å². The number of pyridine rings is 1. The summed E-state index contributed by atoms with van der Waals surface area (Å²) in [6, 6.07) is 16.3. The number of thiazole rings is 1. The van der Waals surface area contributed by atoms with Gasteiger partial charge in [-0.1, -0.05) is 18.2 Å². The van der Waals surface area contributed by atoms with E-state index in [-0.39, 0.29) is 0 Å². The third kappa shape index (κ3) is 3.73. The van der Waals surface area contributed by atoms with Crippen molar-refractivity contribution in [3.63, 3.8) is 0 Å². The molecule has 6 heteroatoms. The van der Waals surface area contributed by atoms with Crippen LogP contribution in [0.15, 0.2) is 76.4 Å². The van der Waals surface area contributed by atoms with Crippen LogP contribution in [0.3, 0.4) is 0 Å². The highest BCUT2D eigenvalue weighted by Crippen LogP contribution is 2.27. The molecule has 0 unspecified atom stereocenters. The maximum Gasteiger partial charge on any atom is 0.206 e. The topological polar surface area (TPSA) is 51.8 Å². The third-order valence-corrected chi connectivity index (χ3v) is 5.20. The van der Waals surface area contributed by atoms with E-state index >= 15 is 0 Å². The second-order valence-corrected chi connectivity index (χ2v) is 6.98. The lowest BCUT2D eigenvalue weighted by atomic mass is 10.1. The summed E-state index contributed by atoms with van der Waals surface area (Å²) < 4.78 is 7.22. The number of ether oxygens (including phenoxy) is 1. The Labute approximate surface area is 167 Å². The van der Waals surface area contributed by atoms with Crippen molar-refractivity contribution in [1.82, 2.24) is 9.66 Å². The molecular weight excluding hydrogens is 368 g/mol. The average Bonchev–Trinajstić information content (AvgIpc) is 3.15. The van der Waals surface area contributed by atoms with Gasteiger partial charge in [0.05, 0.1) is 19.0 Å². The van der Waals surface area contributed by atoms with Gasteiger partial charge in [-0.3, -0.25) is 9.98 Å². The molecule has 140 valence electrons. The smallest absolute Gasteiger partial charge is 0.206 e. The maximum absolute atomic E-state index is 5.32. The molecule has 2 heterocycles. The van der Waals surface area contributed by atoms with Crippen molar-refractivity contribution in [3.05, 3.63) is 76.7 Å². The maximum atomic E-state index is 5.32. The molecule has 5 nitrogen and oxygen atoms in total. The van der Waals surface area contributed by atoms with E-state index in [0.29, 0.717) is 6.54 Å². The molecule has 0 aliphatic carbocycles. The van der Waals surface area contributed by atoms with Crippen LogP contribution in [0.4, 0.5) is 0 Å². The van der Waals surface area contributed by atoms with Gasteiger partial charge in [-0.2, -0.15) is 5.10 Å². The number of hydrogen-bond acceptors (Lipinski definition) is 5. The molecule has 0 amide bonds. The van der Waals surface area contributed by atoms with Gasteiger partial charge in [0.1, 0.15) is 5.75 Å². The van der Waals surface area contributed by atoms with E-state index in [4.69, 9.17) is 9.84 Å². The van der Waals surface area contributed by atoms with Crippen LogP contribution in [-0.4, -0.2) is 29.5 Å². The number of nitrogens with zero attached hydrogens (tertiary/aromatic N) is 4. The molecule has 0 spiro atoms. The van der Waals surface area contributed by atoms with E-state index in [1.54, 1.807) is 30.8 Å². The van der Waals surface area contributed by atoms with Gasteiger partial charge < -0.3 is 4.74 Å². The summed E-state index contributed by atoms with van der Waals surface area (Å²) in [6.45, 7) is 2.74. The van der Waals surface area contributed by atoms with E-state index in [2.05, 4.69) is 39.6 Å². The largest absolute Gasteiger partial charge is 0.497 e. The Morgan fingerprint density at radius 3 is 2.64 bits per heavy atom. The molecule has 2 aromatic carbocycles. The Kier molecular flexibility index (Phi) is 5.30. The van der Waals surface area contributed by atoms with Crippen molar-refractivity contribution in [1.29, 1.82) is 0 Å². The lowest BCUT2D eigenvalue weighted by Crippen LogP contribution is -2.12. The van der Waals surface area contributed by atoms with Gasteiger partial charge in [-0.15, -0.1) is 11.3 Å². The first kappa shape index (κ1) is 18.1. The van der Waals surface area contributed by atoms with Crippen LogP contribution in [0.1, 0.15) is 12.5 Å². The summed E-state index contributed by atoms with van der Waals surface area (Å²) in [7, 11) is 1.68. The quantitative estimate of drug-likeness (QED) is 0.470. The molecule has 28 heavy (non-hydrogen) atoms. The Morgan fingerprint density at radius 1 is 1.07 bits per heavy atom. The minimum Gasteiger partial charge on any atom is -0.497 e. The number of benzene rings is 2. The van der Waals surface area contributed by atoms with Crippen molar-refractivity contribution in [2.24, 2.45) is 10.1 Å². The van der Waals surface area contributed by atoms with Crippen molar-refractivity contribution in [2.75, 3.05) is 13.7 Å². The number of rotatable bonds is 5. The minimum atomic E-state index is 0.711. The van der Waals surface area contributed by atoms with E-state index < -0.39 is 0 Å². The van der Waals surface area contributed by atoms with Gasteiger partial charge >= 0.3 is 0 Å². The molecule has 0 saturated carbocycles. The second-order valence-electron chi connectivity index (χ2n) is 6.14. The SMILES string of the molecule is CCN=c1scc(-c2ccc3cc(OC)ccc3c2)n1N=Cc1ccncc1. The van der Waals surface area contributed by atoms with Crippen molar-refractivity contribution in [3.8, 4) is 17.0 Å². The van der Waals surface area contributed by atoms with Gasteiger partial charge in [0.2, 0.25) is 4.80 Å². The van der Waals surface area contributed by atoms with E-state index in [0.717, 1.165) is 38.1 Å². The molecule has 0 atom stereocenters. The summed E-state index contributed by atoms with van der Waals surface area (Å²) in [4.78, 5) is 9.51. The summed E-state index contributed by atoms with van der Waals surface area (Å²) in [5, 5.41) is 9.10. The number of methoxy groups -OCH3 is 1. The Balaban J connectivity index is 1.80. The fourth-order valence-corrected chi connectivity index (χ4v) is 3.84. The van der Waals surface area contributed by atoms with Crippen LogP contribution in [0.2, 0.25) is 0 Å². The molecular formula is C22H20N4OS. The van der Waals surface area contributed by atoms with Crippen LogP contribution in [-0.2, 0) is 0 Å². The molecule has 4 rings (SSSR count). The summed E-state index contributed by atoms with van der Waals surface area (Å²) in [6.07, 6.45) is 5.35. The normalized spacial score (nSPS) is 12.1. The first-order valence-electron chi connectivity index (χ1n) is 9.02. The molecule has 0 aliphatic heterocycles. The molecule has 0 fully saturated rings. The Hall–Kier alpha value is -3.25. The van der Waals surface area contributed by atoms with Crippen LogP contribution < -0.4 is 9.54 Å². The summed E-state index contributed by atoms with van der Waals surface area (Å²) >= 11 is 1.59. The number of hydrogen-bond donors (Lipinski definition) is 0. The van der Waals surface area contributed by atoms with Gasteiger partial charge in [-0.05, 0) is 53.6 Å². The molecule has 0 saturated heterocycles. The van der Waals surface area contributed by atoms with Crippen molar-refractivity contribution >= 4 is 28.3 Å². The molecule has 0 aliphatic rings. The van der Waals surface area contributed by atoms with Gasteiger partial charge in [0, 0.05) is 29.9 Å². The zero-order chi connectivity index (χ0) is 19.3. The number of aromatic nitrogens is 2. The average molecular weight is 388 g/mol. The zero-order valence-electron chi connectivity index (χ0n) is 15.7. The number of fused-ring (bicyclic) bond motifs is 1. The van der Waals surface area contributed by atoms with Crippen molar-refractivity contribution < 1.29 is 4.74 Å². The lowest BCUT2D eigenvalue weighted by Gasteiger charge is -2.07. The predicted octanol–water partition coefficient (Wildman–Crippen LogP) is 4.58. The third-order valence-electron chi connectivity index (χ3n) is 4.35. The molecule has 2 aromatic heterocycles. The molecule has 4 aromatic rings. The highest BCUT2D eigenvalue weighted by atomic mass is 32.1. The highest BCUT2D eigenvalue weighted by Gasteiger charge is 2.08. The fourth-order valence-electron chi connectivity index (χ4n) is 2.94. The minimum absolute atomic E-state index is 0.711. The van der Waals surface area contributed by atoms with E-state index in [1.165, 1.54) is 0 Å². The zero-order valence-corrected chi connectivity index (χ0v) is 16.6. The van der Waals surface area contributed by atoms with E-state index in [9.17, 15) is 0 Å². The van der Waals surface area contributed by atoms with E-state index in [1.807, 2.05) is 42.1 Å². The molecule has 0 N–H and O–H groups in total. The molecule has 0 radical (unpaired) electrons. The van der Waals surface area contributed by atoms with Gasteiger partial charge in [-0.25, -0.2) is 4.68 Å². The van der Waals surface area contributed by atoms with Crippen LogP contribution >= 0.6 is 11.3 Å². The van der Waals surface area contributed by atoms with Crippen LogP contribution in [0, 0.1) is 0 Å². The monoisotopic (exact) mass is 388 g/mol. The first-order valence-corrected chi connectivity index (χ1v) is 9.90. The Bertz CT molecular complexity index is 1190. The van der Waals surface area contributed by atoms with Gasteiger partial charge in [0.25, 0.3) is 0 Å². The van der Waals surface area contributed by atoms with Crippen LogP contribution in [0.5, 0.6) is 5.75 Å². The molecule has 0 bridgehead atoms. The first-order chi connectivity index (χ1) is 13.8. The summed E-state index contributed by atoms with van der Waals surface area (Å²) in [5.41, 5.74) is 3.10. The summed E-state index contributed by atoms with van der Waals surface area (Å²) in [5.74, 6) is 0.858. The fraction of sp³-hybridized carbons (Fsp3) is 0.136. The highest BCUT2D eigenvalue weighted by molar-refractivity contribution is 7.07.